The minimum Gasteiger partial charge on any atom is -0.434 e. The van der Waals surface area contributed by atoms with Crippen molar-refractivity contribution in [3.05, 3.63) is 104 Å². The molecule has 0 amide bonds. The zero-order chi connectivity index (χ0) is 48.7. The lowest BCUT2D eigenvalue weighted by molar-refractivity contribution is -0.134. The van der Waals surface area contributed by atoms with Crippen molar-refractivity contribution in [2.75, 3.05) is 13.2 Å². The molecule has 5 atom stereocenters. The van der Waals surface area contributed by atoms with Gasteiger partial charge in [-0.2, -0.15) is 8.62 Å². The predicted octanol–water partition coefficient (Wildman–Crippen LogP) is 10.4. The molecule has 0 fully saturated rings. The molecule has 3 aromatic rings. The second kappa shape index (κ2) is 28.5. The molecule has 20 nitrogen and oxygen atoms in total. The number of phosphoric acid groups is 3. The van der Waals surface area contributed by atoms with Crippen molar-refractivity contribution in [2.45, 2.75) is 143 Å². The smallest absolute Gasteiger partial charge is 0.434 e. The third-order valence-electron chi connectivity index (χ3n) is 10.0. The Hall–Kier alpha value is -4.03. The molecule has 0 radical (unpaired) electrons. The number of H-pyrrole nitrogens is 1. The van der Waals surface area contributed by atoms with Crippen molar-refractivity contribution in [1.82, 2.24) is 9.55 Å². The molecule has 3 unspecified atom stereocenters. The predicted molar refractivity (Wildman–Crippen MR) is 245 cm³/mol. The summed E-state index contributed by atoms with van der Waals surface area (Å²) < 4.78 is 87.1. The second-order valence-electron chi connectivity index (χ2n) is 15.8. The Balaban J connectivity index is 1.29. The van der Waals surface area contributed by atoms with Crippen LogP contribution in [-0.4, -0.2) is 50.8 Å². The van der Waals surface area contributed by atoms with E-state index in [2.05, 4.69) is 16.2 Å². The van der Waals surface area contributed by atoms with E-state index in [4.69, 9.17) is 36.8 Å². The van der Waals surface area contributed by atoms with Gasteiger partial charge in [0.15, 0.2) is 6.23 Å². The molecule has 1 aliphatic heterocycles. The number of ether oxygens (including phenoxy) is 4. The number of carbonyl (C=O) groups excluding carboxylic acids is 2. The minimum absolute atomic E-state index is 0.125. The molecule has 2 heterocycles. The molecular formula is C44H63N2O18P3. The maximum absolute atomic E-state index is 13.9. The van der Waals surface area contributed by atoms with Crippen molar-refractivity contribution >= 4 is 35.6 Å². The van der Waals surface area contributed by atoms with E-state index in [1.807, 2.05) is 6.92 Å². The van der Waals surface area contributed by atoms with E-state index in [1.54, 1.807) is 0 Å². The Bertz CT molecular complexity index is 2300. The largest absolute Gasteiger partial charge is 0.513 e. The average Bonchev–Trinajstić information content (AvgIpc) is 3.76. The van der Waals surface area contributed by atoms with Crippen LogP contribution in [0.5, 0.6) is 11.5 Å². The molecule has 372 valence electrons. The fourth-order valence-corrected chi connectivity index (χ4v) is 10.4. The summed E-state index contributed by atoms with van der Waals surface area (Å²) in [4.78, 5) is 71.4. The van der Waals surface area contributed by atoms with E-state index >= 15 is 0 Å². The first-order valence-corrected chi connectivity index (χ1v) is 26.9. The van der Waals surface area contributed by atoms with Gasteiger partial charge in [0, 0.05) is 18.2 Å². The average molecular weight is 1000 g/mol. The van der Waals surface area contributed by atoms with Crippen LogP contribution >= 0.6 is 23.5 Å². The van der Waals surface area contributed by atoms with Crippen LogP contribution in [0.1, 0.15) is 133 Å². The van der Waals surface area contributed by atoms with Crippen LogP contribution in [0.2, 0.25) is 0 Å². The zero-order valence-electron chi connectivity index (χ0n) is 38.2. The summed E-state index contributed by atoms with van der Waals surface area (Å²) >= 11 is 0. The van der Waals surface area contributed by atoms with Crippen LogP contribution in [-0.2, 0) is 63.4 Å². The topological polar surface area (TPSA) is 264 Å². The van der Waals surface area contributed by atoms with Gasteiger partial charge >= 0.3 is 41.3 Å². The number of esters is 1. The monoisotopic (exact) mass is 1000 g/mol. The van der Waals surface area contributed by atoms with Crippen LogP contribution in [0, 0.1) is 6.92 Å². The van der Waals surface area contributed by atoms with Gasteiger partial charge in [-0.25, -0.2) is 23.3 Å². The fourth-order valence-electron chi connectivity index (χ4n) is 6.41. The quantitative estimate of drug-likeness (QED) is 0.0131. The van der Waals surface area contributed by atoms with E-state index in [-0.39, 0.29) is 30.1 Å². The van der Waals surface area contributed by atoms with Gasteiger partial charge in [0.05, 0.1) is 26.4 Å². The van der Waals surface area contributed by atoms with E-state index < -0.39 is 79.0 Å². The molecule has 67 heavy (non-hydrogen) atoms. The van der Waals surface area contributed by atoms with Crippen LogP contribution in [0.3, 0.4) is 0 Å². The number of rotatable bonds is 32. The van der Waals surface area contributed by atoms with E-state index in [9.17, 15) is 42.7 Å². The third kappa shape index (κ3) is 21.4. The van der Waals surface area contributed by atoms with Gasteiger partial charge < -0.3 is 28.7 Å². The molecule has 0 saturated heterocycles. The fraction of sp³-hybridized carbons (Fsp3) is 0.545. The van der Waals surface area contributed by atoms with Crippen molar-refractivity contribution in [3.63, 3.8) is 0 Å². The van der Waals surface area contributed by atoms with Gasteiger partial charge in [-0.05, 0) is 61.2 Å². The summed E-state index contributed by atoms with van der Waals surface area (Å²) in [5.41, 5.74) is -0.536. The standard InChI is InChI=1S/C44H63N2O18P3/c1-4-6-8-9-10-11-12-13-14-15-16-17-29-56-44(50)62-38-25-21-36(22-26-38)32-59-67(55,58-31-35-19-23-37(24-20-35)61-41(47)18-7-5-2)64-66(53,54)63-65(51,52)57-33-39-27-28-40(60-39)46-30-34(3)42(48)45-43(46)49/h19-28,30,39-40H,4-18,29,31-33H2,1-3H3,(H,51,52)(H,53,54)(H,45,48,49)/t39-,40+,67?/m0/s1. The summed E-state index contributed by atoms with van der Waals surface area (Å²) in [5.74, 6) is -0.0816. The molecule has 0 spiro atoms. The number of unbranched alkanes of at least 4 members (excludes halogenated alkanes) is 12. The van der Waals surface area contributed by atoms with Crippen molar-refractivity contribution in [3.8, 4) is 11.5 Å². The molecule has 4 rings (SSSR count). The van der Waals surface area contributed by atoms with Crippen molar-refractivity contribution in [2.24, 2.45) is 0 Å². The van der Waals surface area contributed by atoms with Gasteiger partial charge in [0.25, 0.3) is 5.56 Å². The number of hydrogen-bond donors (Lipinski definition) is 3. The lowest BCUT2D eigenvalue weighted by atomic mass is 10.1. The number of hydrogen-bond acceptors (Lipinski definition) is 16. The van der Waals surface area contributed by atoms with Crippen molar-refractivity contribution in [1.29, 1.82) is 0 Å². The lowest BCUT2D eigenvalue weighted by Gasteiger charge is -2.22. The van der Waals surface area contributed by atoms with Gasteiger partial charge in [-0.3, -0.25) is 32.7 Å². The zero-order valence-corrected chi connectivity index (χ0v) is 40.8. The molecule has 0 aliphatic carbocycles. The van der Waals surface area contributed by atoms with Crippen LogP contribution in [0.15, 0.2) is 76.5 Å². The van der Waals surface area contributed by atoms with E-state index in [0.717, 1.165) is 30.3 Å². The van der Waals surface area contributed by atoms with Crippen LogP contribution in [0.25, 0.3) is 0 Å². The first-order chi connectivity index (χ1) is 32.0. The number of phosphoric ester groups is 2. The summed E-state index contributed by atoms with van der Waals surface area (Å²) in [6.45, 7) is 3.96. The molecule has 0 saturated carbocycles. The molecule has 1 aliphatic rings. The summed E-state index contributed by atoms with van der Waals surface area (Å²) in [5, 5.41) is 0. The van der Waals surface area contributed by atoms with Gasteiger partial charge in [0.1, 0.15) is 17.6 Å². The first kappa shape index (κ1) is 55.6. The lowest BCUT2D eigenvalue weighted by Crippen LogP contribution is -2.33. The molecule has 2 aromatic carbocycles. The number of aromatic amines is 1. The summed E-state index contributed by atoms with van der Waals surface area (Å²) in [6, 6.07) is 11.5. The molecule has 3 N–H and O–H groups in total. The Kier molecular flexibility index (Phi) is 23.6. The SMILES string of the molecule is CCCCCCCCCCCCCCOC(=O)Oc1ccc(COP(=O)(OCc2ccc(OC(=O)CCCC)cc2)OP(=O)(O)OP(=O)(O)OC[C@@H]2C=C[C@H](n3cc(C)c(=O)[nH]c3=O)O2)cc1. The molecule has 0 bridgehead atoms. The third-order valence-corrected chi connectivity index (χ3v) is 14.7. The van der Waals surface area contributed by atoms with Gasteiger partial charge in [-0.1, -0.05) is 121 Å². The molecule has 23 heteroatoms. The first-order valence-electron chi connectivity index (χ1n) is 22.5. The van der Waals surface area contributed by atoms with Crippen molar-refractivity contribution < 1.29 is 74.2 Å². The molecular weight excluding hydrogens is 937 g/mol. The van der Waals surface area contributed by atoms with Gasteiger partial charge in [0.2, 0.25) is 0 Å². The Morgan fingerprint density at radius 2 is 1.22 bits per heavy atom. The number of nitrogens with one attached hydrogen (secondary N) is 1. The highest BCUT2D eigenvalue weighted by Gasteiger charge is 2.44. The minimum atomic E-state index is -5.82. The normalized spacial score (nSPS) is 17.3. The maximum Gasteiger partial charge on any atom is 0.513 e. The number of nitrogens with zero attached hydrogens (tertiary/aromatic N) is 1. The molecule has 1 aromatic heterocycles. The Labute approximate surface area is 390 Å². The Morgan fingerprint density at radius 3 is 1.79 bits per heavy atom. The van der Waals surface area contributed by atoms with E-state index in [0.29, 0.717) is 24.0 Å². The van der Waals surface area contributed by atoms with Gasteiger partial charge in [-0.15, -0.1) is 0 Å². The second-order valence-corrected chi connectivity index (χ2v) is 20.6. The summed E-state index contributed by atoms with van der Waals surface area (Å²) in [7, 11) is -16.5. The summed E-state index contributed by atoms with van der Waals surface area (Å²) in [6.07, 6.45) is 16.8. The van der Waals surface area contributed by atoms with E-state index in [1.165, 1.54) is 125 Å². The van der Waals surface area contributed by atoms with Crippen LogP contribution < -0.4 is 20.7 Å². The number of aryl methyl sites for hydroxylation is 1. The van der Waals surface area contributed by atoms with Crippen LogP contribution in [0.4, 0.5) is 4.79 Å². The maximum atomic E-state index is 13.9. The number of carbonyl (C=O) groups is 2. The highest BCUT2D eigenvalue weighted by Crippen LogP contribution is 2.69. The number of aromatic nitrogens is 2. The Morgan fingerprint density at radius 1 is 0.687 bits per heavy atom. The highest BCUT2D eigenvalue weighted by atomic mass is 31.3. The highest BCUT2D eigenvalue weighted by molar-refractivity contribution is 7.67. The number of benzene rings is 2.